The van der Waals surface area contributed by atoms with Crippen LogP contribution in [-0.4, -0.2) is 10.9 Å². The number of halogens is 2. The molecule has 4 nitrogen and oxygen atoms in total. The van der Waals surface area contributed by atoms with Crippen LogP contribution in [0.5, 0.6) is 0 Å². The number of carbonyl (C=O) groups excluding carboxylic acids is 1. The Morgan fingerprint density at radius 2 is 1.68 bits per heavy atom. The molecule has 3 rings (SSSR count). The molecule has 0 aliphatic rings. The van der Waals surface area contributed by atoms with E-state index in [2.05, 4.69) is 15.6 Å². The third-order valence-electron chi connectivity index (χ3n) is 3.46. The van der Waals surface area contributed by atoms with Crippen LogP contribution in [0.1, 0.15) is 15.9 Å². The van der Waals surface area contributed by atoms with Gasteiger partial charge >= 0.3 is 0 Å². The van der Waals surface area contributed by atoms with E-state index in [1.807, 2.05) is 30.3 Å². The average Bonchev–Trinajstić information content (AvgIpc) is 2.60. The second kappa shape index (κ2) is 8.01. The van der Waals surface area contributed by atoms with Gasteiger partial charge in [0.15, 0.2) is 0 Å². The van der Waals surface area contributed by atoms with Gasteiger partial charge < -0.3 is 10.6 Å². The van der Waals surface area contributed by atoms with Crippen molar-refractivity contribution in [2.24, 2.45) is 0 Å². The van der Waals surface area contributed by atoms with E-state index >= 15 is 0 Å². The summed E-state index contributed by atoms with van der Waals surface area (Å²) in [5.74, 6) is 0.365. The first-order valence-electron chi connectivity index (χ1n) is 7.61. The first-order chi connectivity index (χ1) is 12.1. The van der Waals surface area contributed by atoms with Crippen LogP contribution in [0, 0.1) is 0 Å². The average molecular weight is 372 g/mol. The summed E-state index contributed by atoms with van der Waals surface area (Å²) in [5.41, 5.74) is 2.16. The van der Waals surface area contributed by atoms with Gasteiger partial charge in [-0.1, -0.05) is 53.5 Å². The number of aromatic nitrogens is 1. The second-order valence-electron chi connectivity index (χ2n) is 5.38. The number of benzene rings is 2. The molecule has 0 bridgehead atoms. The van der Waals surface area contributed by atoms with E-state index in [-0.39, 0.29) is 5.91 Å². The molecule has 0 aliphatic carbocycles. The molecule has 0 unspecified atom stereocenters. The zero-order chi connectivity index (χ0) is 17.6. The van der Waals surface area contributed by atoms with Gasteiger partial charge in [-0.25, -0.2) is 4.98 Å². The summed E-state index contributed by atoms with van der Waals surface area (Å²) in [6, 6.07) is 18.2. The van der Waals surface area contributed by atoms with Gasteiger partial charge in [-0.3, -0.25) is 4.79 Å². The zero-order valence-electron chi connectivity index (χ0n) is 13.2. The van der Waals surface area contributed by atoms with Gasteiger partial charge in [0.1, 0.15) is 5.82 Å². The minimum absolute atomic E-state index is 0.261. The Kier molecular flexibility index (Phi) is 5.53. The molecule has 3 aromatic rings. The quantitative estimate of drug-likeness (QED) is 0.643. The first kappa shape index (κ1) is 17.3. The lowest BCUT2D eigenvalue weighted by atomic mass is 10.2. The van der Waals surface area contributed by atoms with E-state index in [9.17, 15) is 4.79 Å². The summed E-state index contributed by atoms with van der Waals surface area (Å²) >= 11 is 11.9. The van der Waals surface area contributed by atoms with E-state index in [4.69, 9.17) is 23.2 Å². The normalized spacial score (nSPS) is 10.3. The SMILES string of the molecule is O=C(Nc1cc(Cl)cc(Cl)c1)c1ccnc(NCc2ccccc2)c1. The van der Waals surface area contributed by atoms with Crippen LogP contribution < -0.4 is 10.6 Å². The van der Waals surface area contributed by atoms with E-state index in [0.717, 1.165) is 5.56 Å². The van der Waals surface area contributed by atoms with Gasteiger partial charge in [0, 0.05) is 34.0 Å². The molecule has 2 N–H and O–H groups in total. The number of nitrogens with zero attached hydrogens (tertiary/aromatic N) is 1. The highest BCUT2D eigenvalue weighted by atomic mass is 35.5. The maximum atomic E-state index is 12.4. The van der Waals surface area contributed by atoms with Gasteiger partial charge in [-0.2, -0.15) is 0 Å². The van der Waals surface area contributed by atoms with Crippen LogP contribution >= 0.6 is 23.2 Å². The molecule has 1 amide bonds. The Hall–Kier alpha value is -2.56. The Balaban J connectivity index is 1.68. The van der Waals surface area contributed by atoms with E-state index in [0.29, 0.717) is 33.7 Å². The van der Waals surface area contributed by atoms with Crippen LogP contribution in [0.3, 0.4) is 0 Å². The lowest BCUT2D eigenvalue weighted by Crippen LogP contribution is -2.12. The standard InChI is InChI=1S/C19H15Cl2N3O/c20-15-9-16(21)11-17(10-15)24-19(25)14-6-7-22-18(8-14)23-12-13-4-2-1-3-5-13/h1-11H,12H2,(H,22,23)(H,24,25). The molecule has 25 heavy (non-hydrogen) atoms. The Morgan fingerprint density at radius 3 is 2.40 bits per heavy atom. The van der Waals surface area contributed by atoms with Crippen LogP contribution in [0.25, 0.3) is 0 Å². The van der Waals surface area contributed by atoms with Gasteiger partial charge in [0.25, 0.3) is 5.91 Å². The van der Waals surface area contributed by atoms with Crippen molar-refractivity contribution < 1.29 is 4.79 Å². The third kappa shape index (κ3) is 4.95. The summed E-state index contributed by atoms with van der Waals surface area (Å²) in [5, 5.41) is 6.90. The van der Waals surface area contributed by atoms with Crippen molar-refractivity contribution in [2.75, 3.05) is 10.6 Å². The molecule has 126 valence electrons. The number of amides is 1. The second-order valence-corrected chi connectivity index (χ2v) is 6.25. The molecule has 0 radical (unpaired) electrons. The highest BCUT2D eigenvalue weighted by Crippen LogP contribution is 2.23. The van der Waals surface area contributed by atoms with Gasteiger partial charge in [0.05, 0.1) is 0 Å². The van der Waals surface area contributed by atoms with E-state index in [1.54, 1.807) is 36.5 Å². The molecule has 0 aliphatic heterocycles. The summed E-state index contributed by atoms with van der Waals surface area (Å²) in [6.45, 7) is 0.628. The predicted molar refractivity (Wildman–Crippen MR) is 102 cm³/mol. The van der Waals surface area contributed by atoms with Crippen molar-refractivity contribution in [3.05, 3.63) is 88.0 Å². The fourth-order valence-corrected chi connectivity index (χ4v) is 2.81. The molecule has 0 saturated carbocycles. The van der Waals surface area contributed by atoms with Gasteiger partial charge in [-0.05, 0) is 35.9 Å². The number of hydrogen-bond acceptors (Lipinski definition) is 3. The number of hydrogen-bond donors (Lipinski definition) is 2. The molecule has 1 heterocycles. The summed E-state index contributed by atoms with van der Waals surface area (Å²) in [6.07, 6.45) is 1.59. The van der Waals surface area contributed by atoms with Crippen molar-refractivity contribution >= 4 is 40.6 Å². The summed E-state index contributed by atoms with van der Waals surface area (Å²) in [7, 11) is 0. The maximum Gasteiger partial charge on any atom is 0.255 e. The van der Waals surface area contributed by atoms with Crippen LogP contribution in [0.2, 0.25) is 10.0 Å². The van der Waals surface area contributed by atoms with Crippen molar-refractivity contribution in [3.8, 4) is 0 Å². The van der Waals surface area contributed by atoms with Crippen molar-refractivity contribution in [2.45, 2.75) is 6.54 Å². The van der Waals surface area contributed by atoms with E-state index < -0.39 is 0 Å². The molecule has 6 heteroatoms. The van der Waals surface area contributed by atoms with Gasteiger partial charge in [-0.15, -0.1) is 0 Å². The Labute approximate surface area is 155 Å². The number of pyridine rings is 1. The largest absolute Gasteiger partial charge is 0.366 e. The van der Waals surface area contributed by atoms with Crippen molar-refractivity contribution in [1.29, 1.82) is 0 Å². The molecule has 0 saturated heterocycles. The van der Waals surface area contributed by atoms with Crippen molar-refractivity contribution in [3.63, 3.8) is 0 Å². The minimum atomic E-state index is -0.261. The fraction of sp³-hybridized carbons (Fsp3) is 0.0526. The van der Waals surface area contributed by atoms with E-state index in [1.165, 1.54) is 0 Å². The smallest absolute Gasteiger partial charge is 0.255 e. The molecule has 0 atom stereocenters. The van der Waals surface area contributed by atoms with Crippen LogP contribution in [0.4, 0.5) is 11.5 Å². The number of carbonyl (C=O) groups is 1. The maximum absolute atomic E-state index is 12.4. The monoisotopic (exact) mass is 371 g/mol. The highest BCUT2D eigenvalue weighted by Gasteiger charge is 2.09. The molecule has 2 aromatic carbocycles. The van der Waals surface area contributed by atoms with Crippen molar-refractivity contribution in [1.82, 2.24) is 4.98 Å². The molecule has 0 fully saturated rings. The predicted octanol–water partition coefficient (Wildman–Crippen LogP) is 5.25. The van der Waals surface area contributed by atoms with Gasteiger partial charge in [0.2, 0.25) is 0 Å². The van der Waals surface area contributed by atoms with Crippen LogP contribution in [0.15, 0.2) is 66.9 Å². The Morgan fingerprint density at radius 1 is 0.960 bits per heavy atom. The lowest BCUT2D eigenvalue weighted by molar-refractivity contribution is 0.102. The zero-order valence-corrected chi connectivity index (χ0v) is 14.7. The molecular weight excluding hydrogens is 357 g/mol. The van der Waals surface area contributed by atoms with Crippen LogP contribution in [-0.2, 0) is 6.54 Å². The Bertz CT molecular complexity index is 865. The summed E-state index contributed by atoms with van der Waals surface area (Å²) in [4.78, 5) is 16.6. The summed E-state index contributed by atoms with van der Waals surface area (Å²) < 4.78 is 0. The molecule has 0 spiro atoms. The lowest BCUT2D eigenvalue weighted by Gasteiger charge is -2.09. The fourth-order valence-electron chi connectivity index (χ4n) is 2.29. The number of nitrogens with one attached hydrogen (secondary N) is 2. The number of anilines is 2. The minimum Gasteiger partial charge on any atom is -0.366 e. The molecule has 1 aromatic heterocycles. The molecular formula is C19H15Cl2N3O. The highest BCUT2D eigenvalue weighted by molar-refractivity contribution is 6.35. The first-order valence-corrected chi connectivity index (χ1v) is 8.37. The number of rotatable bonds is 5. The topological polar surface area (TPSA) is 54.0 Å². The third-order valence-corrected chi connectivity index (χ3v) is 3.90.